The van der Waals surface area contributed by atoms with Crippen LogP contribution in [0.1, 0.15) is 13.8 Å². The third-order valence-electron chi connectivity index (χ3n) is 0.801. The van der Waals surface area contributed by atoms with Crippen molar-refractivity contribution in [2.45, 2.75) is 13.8 Å². The van der Waals surface area contributed by atoms with E-state index in [0.717, 1.165) is 0 Å². The summed E-state index contributed by atoms with van der Waals surface area (Å²) >= 11 is 0. The Morgan fingerprint density at radius 3 is 2.50 bits per heavy atom. The van der Waals surface area contributed by atoms with Crippen molar-refractivity contribution < 1.29 is 10.0 Å². The molecule has 0 fully saturated rings. The Labute approximate surface area is 48.9 Å². The van der Waals surface area contributed by atoms with E-state index in [9.17, 15) is 4.79 Å². The maximum atomic E-state index is 10.4. The van der Waals surface area contributed by atoms with Crippen molar-refractivity contribution in [3.8, 4) is 0 Å². The van der Waals surface area contributed by atoms with Crippen LogP contribution in [0.25, 0.3) is 0 Å². The number of rotatable bonds is 2. The van der Waals surface area contributed by atoms with Gasteiger partial charge in [-0.05, 0) is 6.92 Å². The minimum atomic E-state index is -0.354. The second-order valence-electron chi connectivity index (χ2n) is 1.34. The van der Waals surface area contributed by atoms with Crippen molar-refractivity contribution in [1.29, 1.82) is 0 Å². The summed E-state index contributed by atoms with van der Waals surface area (Å²) in [5.74, 6) is -0.354. The Morgan fingerprint density at radius 1 is 1.88 bits per heavy atom. The first kappa shape index (κ1) is 7.43. The zero-order valence-electron chi connectivity index (χ0n) is 5.09. The average Bonchev–Trinajstić information content (AvgIpc) is 1.84. The van der Waals surface area contributed by atoms with Crippen LogP contribution < -0.4 is 0 Å². The predicted octanol–water partition coefficient (Wildman–Crippen LogP) is 0.448. The Kier molecular flexibility index (Phi) is 3.19. The number of hydrogen-bond donors (Lipinski definition) is 1. The fourth-order valence-electron chi connectivity index (χ4n) is 0.305. The van der Waals surface area contributed by atoms with Gasteiger partial charge in [-0.2, -0.15) is 0 Å². The van der Waals surface area contributed by atoms with Crippen LogP contribution in [0.15, 0.2) is 0 Å². The van der Waals surface area contributed by atoms with E-state index in [1.807, 2.05) is 0 Å². The van der Waals surface area contributed by atoms with Crippen LogP contribution in [0.3, 0.4) is 0 Å². The van der Waals surface area contributed by atoms with Crippen LogP contribution in [0, 0.1) is 6.42 Å². The van der Waals surface area contributed by atoms with E-state index < -0.39 is 0 Å². The Bertz CT molecular complexity index is 82.5. The summed E-state index contributed by atoms with van der Waals surface area (Å²) < 4.78 is 0. The van der Waals surface area contributed by atoms with E-state index in [-0.39, 0.29) is 5.91 Å². The molecule has 0 heterocycles. The second-order valence-corrected chi connectivity index (χ2v) is 1.34. The maximum Gasteiger partial charge on any atom is 0.249 e. The lowest BCUT2D eigenvalue weighted by molar-refractivity contribution is -0.159. The first-order chi connectivity index (χ1) is 3.72. The lowest BCUT2D eigenvalue weighted by Crippen LogP contribution is -2.26. The monoisotopic (exact) mass is 116 g/mol. The van der Waals surface area contributed by atoms with Gasteiger partial charge in [-0.15, -0.1) is 0 Å². The van der Waals surface area contributed by atoms with Crippen molar-refractivity contribution in [3.05, 3.63) is 6.42 Å². The van der Waals surface area contributed by atoms with Crippen molar-refractivity contribution in [3.63, 3.8) is 0 Å². The van der Waals surface area contributed by atoms with Gasteiger partial charge in [0.15, 0.2) is 0 Å². The van der Waals surface area contributed by atoms with Gasteiger partial charge in [0.1, 0.15) is 0 Å². The van der Waals surface area contributed by atoms with E-state index in [1.165, 1.54) is 6.42 Å². The number of amides is 1. The summed E-state index contributed by atoms with van der Waals surface area (Å²) in [6.07, 6.45) is 1.31. The van der Waals surface area contributed by atoms with Gasteiger partial charge < -0.3 is 0 Å². The van der Waals surface area contributed by atoms with Crippen LogP contribution in [-0.4, -0.2) is 22.7 Å². The van der Waals surface area contributed by atoms with E-state index >= 15 is 0 Å². The molecule has 0 aromatic carbocycles. The van der Waals surface area contributed by atoms with Crippen LogP contribution in [0.4, 0.5) is 0 Å². The number of hydroxylamine groups is 2. The molecule has 1 N–H and O–H groups in total. The van der Waals surface area contributed by atoms with Crippen molar-refractivity contribution in [1.82, 2.24) is 5.06 Å². The fraction of sp³-hybridized carbons (Fsp3) is 0.600. The van der Waals surface area contributed by atoms with Gasteiger partial charge in [-0.3, -0.25) is 10.0 Å². The molecular formula is C5H10NO2. The largest absolute Gasteiger partial charge is 0.286 e. The molecule has 0 aliphatic rings. The number of nitrogens with zero attached hydrogens (tertiary/aromatic N) is 1. The first-order valence-electron chi connectivity index (χ1n) is 2.52. The normalized spacial score (nSPS) is 8.88. The van der Waals surface area contributed by atoms with Gasteiger partial charge in [0.2, 0.25) is 5.91 Å². The van der Waals surface area contributed by atoms with Gasteiger partial charge in [0, 0.05) is 13.0 Å². The van der Waals surface area contributed by atoms with Gasteiger partial charge in [0.25, 0.3) is 0 Å². The molecule has 0 saturated carbocycles. The number of carbonyl (C=O) groups is 1. The Balaban J connectivity index is 3.46. The summed E-state index contributed by atoms with van der Waals surface area (Å²) in [5.41, 5.74) is 0. The molecule has 0 bridgehead atoms. The fourth-order valence-corrected chi connectivity index (χ4v) is 0.305. The third kappa shape index (κ3) is 1.93. The minimum Gasteiger partial charge on any atom is -0.286 e. The molecular weight excluding hydrogens is 106 g/mol. The van der Waals surface area contributed by atoms with Crippen molar-refractivity contribution in [2.24, 2.45) is 0 Å². The summed E-state index contributed by atoms with van der Waals surface area (Å²) in [4.78, 5) is 10.4. The molecule has 47 valence electrons. The molecule has 1 radical (unpaired) electrons. The highest BCUT2D eigenvalue weighted by molar-refractivity contribution is 5.82. The Morgan fingerprint density at radius 2 is 2.38 bits per heavy atom. The SMILES string of the molecule is C[CH]C(=O)N(O)CC. The molecule has 0 aromatic heterocycles. The quantitative estimate of drug-likeness (QED) is 0.420. The first-order valence-corrected chi connectivity index (χ1v) is 2.52. The molecule has 0 aromatic rings. The van der Waals surface area contributed by atoms with Crippen LogP contribution >= 0.6 is 0 Å². The van der Waals surface area contributed by atoms with E-state index in [2.05, 4.69) is 0 Å². The van der Waals surface area contributed by atoms with Crippen LogP contribution in [-0.2, 0) is 4.79 Å². The highest BCUT2D eigenvalue weighted by Gasteiger charge is 2.02. The molecule has 0 rings (SSSR count). The summed E-state index contributed by atoms with van der Waals surface area (Å²) in [6.45, 7) is 3.62. The van der Waals surface area contributed by atoms with Gasteiger partial charge in [-0.1, -0.05) is 6.92 Å². The molecule has 0 saturated heterocycles. The summed E-state index contributed by atoms with van der Waals surface area (Å²) in [5, 5.41) is 9.23. The number of carbonyl (C=O) groups excluding carboxylic acids is 1. The average molecular weight is 116 g/mol. The smallest absolute Gasteiger partial charge is 0.249 e. The molecule has 3 nitrogen and oxygen atoms in total. The zero-order chi connectivity index (χ0) is 6.57. The van der Waals surface area contributed by atoms with E-state index in [1.54, 1.807) is 13.8 Å². The highest BCUT2D eigenvalue weighted by atomic mass is 16.5. The molecule has 0 spiro atoms. The van der Waals surface area contributed by atoms with Crippen molar-refractivity contribution >= 4 is 5.91 Å². The van der Waals surface area contributed by atoms with Crippen molar-refractivity contribution in [2.75, 3.05) is 6.54 Å². The predicted molar refractivity (Wildman–Crippen MR) is 29.1 cm³/mol. The van der Waals surface area contributed by atoms with Gasteiger partial charge in [-0.25, -0.2) is 5.06 Å². The standard InChI is InChI=1S/C5H10NO2/c1-3-5(7)6(8)4-2/h3,8H,4H2,1-2H3. The van der Waals surface area contributed by atoms with Gasteiger partial charge >= 0.3 is 0 Å². The molecule has 1 amide bonds. The Hall–Kier alpha value is -0.570. The minimum absolute atomic E-state index is 0.336. The lowest BCUT2D eigenvalue weighted by Gasteiger charge is -2.08. The summed E-state index contributed by atoms with van der Waals surface area (Å²) in [7, 11) is 0. The molecule has 0 unspecified atom stereocenters. The third-order valence-corrected chi connectivity index (χ3v) is 0.801. The topological polar surface area (TPSA) is 40.5 Å². The molecule has 0 aliphatic heterocycles. The molecule has 0 aliphatic carbocycles. The van der Waals surface area contributed by atoms with E-state index in [0.29, 0.717) is 11.6 Å². The summed E-state index contributed by atoms with van der Waals surface area (Å²) in [6, 6.07) is 0. The maximum absolute atomic E-state index is 10.4. The van der Waals surface area contributed by atoms with Crippen LogP contribution in [0.2, 0.25) is 0 Å². The zero-order valence-corrected chi connectivity index (χ0v) is 5.09. The number of hydrogen-bond acceptors (Lipinski definition) is 2. The van der Waals surface area contributed by atoms with Gasteiger partial charge in [0.05, 0.1) is 0 Å². The highest BCUT2D eigenvalue weighted by Crippen LogP contribution is 1.84. The lowest BCUT2D eigenvalue weighted by atomic mass is 10.4. The molecule has 3 heteroatoms. The van der Waals surface area contributed by atoms with Crippen LogP contribution in [0.5, 0.6) is 0 Å². The second kappa shape index (κ2) is 3.43. The van der Waals surface area contributed by atoms with E-state index in [4.69, 9.17) is 5.21 Å². The molecule has 8 heavy (non-hydrogen) atoms. The molecule has 0 atom stereocenters.